The van der Waals surface area contributed by atoms with Gasteiger partial charge in [0.25, 0.3) is 0 Å². The fraction of sp³-hybridized carbons (Fsp3) is 0.500. The summed E-state index contributed by atoms with van der Waals surface area (Å²) in [4.78, 5) is 2.02. The third-order valence-electron chi connectivity index (χ3n) is 3.18. The highest BCUT2D eigenvalue weighted by molar-refractivity contribution is 5.68. The number of aliphatic hydroxyl groups is 1. The zero-order valence-corrected chi connectivity index (χ0v) is 9.19. The predicted molar refractivity (Wildman–Crippen MR) is 62.9 cm³/mol. The lowest BCUT2D eigenvalue weighted by molar-refractivity contribution is 0.240. The van der Waals surface area contributed by atoms with Crippen LogP contribution in [0, 0.1) is 5.82 Å². The summed E-state index contributed by atoms with van der Waals surface area (Å²) in [5.41, 5.74) is 6.62. The van der Waals surface area contributed by atoms with Gasteiger partial charge in [0.1, 0.15) is 5.82 Å². The maximum absolute atomic E-state index is 13.4. The minimum atomic E-state index is -0.389. The van der Waals surface area contributed by atoms with Gasteiger partial charge in [-0.15, -0.1) is 0 Å². The maximum atomic E-state index is 13.4. The number of hydrogen-bond acceptors (Lipinski definition) is 3. The van der Waals surface area contributed by atoms with E-state index in [4.69, 9.17) is 5.73 Å². The van der Waals surface area contributed by atoms with Crippen molar-refractivity contribution in [3.63, 3.8) is 0 Å². The van der Waals surface area contributed by atoms with Gasteiger partial charge in [0, 0.05) is 6.54 Å². The van der Waals surface area contributed by atoms with E-state index >= 15 is 0 Å². The number of halogens is 1. The third-order valence-corrected chi connectivity index (χ3v) is 3.18. The van der Waals surface area contributed by atoms with Crippen LogP contribution in [0.5, 0.6) is 0 Å². The van der Waals surface area contributed by atoms with Crippen LogP contribution in [-0.4, -0.2) is 24.3 Å². The average Bonchev–Trinajstić information content (AvgIpc) is 2.33. The van der Waals surface area contributed by atoms with Crippen molar-refractivity contribution in [3.8, 4) is 0 Å². The number of nitrogens with zero attached hydrogens (tertiary/aromatic N) is 1. The Hall–Kier alpha value is -1.29. The number of piperidine rings is 1. The summed E-state index contributed by atoms with van der Waals surface area (Å²) in [5, 5.41) is 9.31. The second-order valence-electron chi connectivity index (χ2n) is 4.20. The maximum Gasteiger partial charge on any atom is 0.148 e. The number of nitrogen functional groups attached to an aromatic ring is 1. The Morgan fingerprint density at radius 1 is 1.44 bits per heavy atom. The molecule has 1 fully saturated rings. The van der Waals surface area contributed by atoms with E-state index in [1.807, 2.05) is 11.0 Å². The Kier molecular flexibility index (Phi) is 3.29. The van der Waals surface area contributed by atoms with Crippen LogP contribution in [0.15, 0.2) is 18.2 Å². The van der Waals surface area contributed by atoms with Crippen LogP contribution in [0.3, 0.4) is 0 Å². The van der Waals surface area contributed by atoms with Crippen molar-refractivity contribution in [2.75, 3.05) is 23.8 Å². The largest absolute Gasteiger partial charge is 0.395 e. The van der Waals surface area contributed by atoms with Crippen molar-refractivity contribution < 1.29 is 9.50 Å². The van der Waals surface area contributed by atoms with Gasteiger partial charge in [-0.05, 0) is 31.4 Å². The topological polar surface area (TPSA) is 49.5 Å². The molecule has 0 radical (unpaired) electrons. The summed E-state index contributed by atoms with van der Waals surface area (Å²) in [6.45, 7) is 0.925. The second-order valence-corrected chi connectivity index (χ2v) is 4.20. The first-order valence-corrected chi connectivity index (χ1v) is 5.65. The normalized spacial score (nSPS) is 21.1. The Balaban J connectivity index is 2.30. The molecule has 1 aliphatic rings. The van der Waals surface area contributed by atoms with E-state index in [0.717, 1.165) is 25.8 Å². The molecule has 1 unspecified atom stereocenters. The number of aliphatic hydroxyl groups excluding tert-OH is 1. The fourth-order valence-electron chi connectivity index (χ4n) is 2.28. The van der Waals surface area contributed by atoms with Crippen LogP contribution >= 0.6 is 0 Å². The number of nitrogens with two attached hydrogens (primary N) is 1. The molecular formula is C12H17FN2O. The molecule has 0 aromatic heterocycles. The second kappa shape index (κ2) is 4.70. The van der Waals surface area contributed by atoms with Gasteiger partial charge in [0.15, 0.2) is 0 Å². The summed E-state index contributed by atoms with van der Waals surface area (Å²) in [5.74, 6) is -0.389. The van der Waals surface area contributed by atoms with Crippen LogP contribution in [0.2, 0.25) is 0 Å². The zero-order chi connectivity index (χ0) is 11.5. The highest BCUT2D eigenvalue weighted by Gasteiger charge is 2.23. The van der Waals surface area contributed by atoms with Crippen LogP contribution in [0.1, 0.15) is 19.3 Å². The highest BCUT2D eigenvalue weighted by atomic mass is 19.1. The first-order chi connectivity index (χ1) is 7.74. The number of para-hydroxylation sites is 1. The number of hydrogen-bond donors (Lipinski definition) is 2. The Bertz CT molecular complexity index is 370. The summed E-state index contributed by atoms with van der Waals surface area (Å²) >= 11 is 0. The molecule has 0 spiro atoms. The molecule has 4 heteroatoms. The van der Waals surface area contributed by atoms with Crippen LogP contribution < -0.4 is 10.6 Å². The SMILES string of the molecule is Nc1c(F)cccc1N1CCCCC1CO. The van der Waals surface area contributed by atoms with E-state index in [2.05, 4.69) is 0 Å². The standard InChI is InChI=1S/C12H17FN2O/c13-10-5-3-6-11(12(10)14)15-7-2-1-4-9(15)8-16/h3,5-6,9,16H,1-2,4,7-8,14H2. The van der Waals surface area contributed by atoms with Crippen molar-refractivity contribution in [2.45, 2.75) is 25.3 Å². The molecule has 1 saturated heterocycles. The molecule has 0 aliphatic carbocycles. The lowest BCUT2D eigenvalue weighted by Gasteiger charge is -2.37. The van der Waals surface area contributed by atoms with Gasteiger partial charge in [-0.2, -0.15) is 0 Å². The van der Waals surface area contributed by atoms with E-state index in [1.165, 1.54) is 6.07 Å². The van der Waals surface area contributed by atoms with Crippen LogP contribution in [0.25, 0.3) is 0 Å². The summed E-state index contributed by atoms with van der Waals surface area (Å²) in [6, 6.07) is 4.89. The smallest absolute Gasteiger partial charge is 0.148 e. The first-order valence-electron chi connectivity index (χ1n) is 5.65. The van der Waals surface area contributed by atoms with E-state index < -0.39 is 0 Å². The molecule has 3 nitrogen and oxygen atoms in total. The molecule has 1 aromatic carbocycles. The van der Waals surface area contributed by atoms with Crippen molar-refractivity contribution in [3.05, 3.63) is 24.0 Å². The van der Waals surface area contributed by atoms with Crippen LogP contribution in [0.4, 0.5) is 15.8 Å². The Labute approximate surface area is 94.7 Å². The number of rotatable bonds is 2. The molecular weight excluding hydrogens is 207 g/mol. The monoisotopic (exact) mass is 224 g/mol. The third kappa shape index (κ3) is 1.97. The quantitative estimate of drug-likeness (QED) is 0.752. The first kappa shape index (κ1) is 11.2. The Morgan fingerprint density at radius 3 is 3.00 bits per heavy atom. The molecule has 0 amide bonds. The van der Waals surface area contributed by atoms with E-state index in [0.29, 0.717) is 5.69 Å². The predicted octanol–water partition coefficient (Wildman–Crippen LogP) is 1.76. The molecule has 1 aliphatic heterocycles. The van der Waals surface area contributed by atoms with Gasteiger partial charge in [0.05, 0.1) is 24.0 Å². The van der Waals surface area contributed by atoms with Crippen molar-refractivity contribution >= 4 is 11.4 Å². The number of benzene rings is 1. The highest BCUT2D eigenvalue weighted by Crippen LogP contribution is 2.30. The van der Waals surface area contributed by atoms with Gasteiger partial charge in [-0.25, -0.2) is 4.39 Å². The zero-order valence-electron chi connectivity index (χ0n) is 9.19. The minimum absolute atomic E-state index is 0.0675. The molecule has 1 atom stereocenters. The summed E-state index contributed by atoms with van der Waals surface area (Å²) < 4.78 is 13.4. The molecule has 1 aromatic rings. The molecule has 88 valence electrons. The van der Waals surface area contributed by atoms with Gasteiger partial charge in [0.2, 0.25) is 0 Å². The summed E-state index contributed by atoms with van der Waals surface area (Å²) in [7, 11) is 0. The van der Waals surface area contributed by atoms with Gasteiger partial charge < -0.3 is 15.7 Å². The minimum Gasteiger partial charge on any atom is -0.395 e. The van der Waals surface area contributed by atoms with Crippen LogP contribution in [-0.2, 0) is 0 Å². The van der Waals surface area contributed by atoms with E-state index in [-0.39, 0.29) is 24.2 Å². The van der Waals surface area contributed by atoms with Gasteiger partial charge >= 0.3 is 0 Å². The molecule has 0 saturated carbocycles. The van der Waals surface area contributed by atoms with E-state index in [9.17, 15) is 9.50 Å². The molecule has 16 heavy (non-hydrogen) atoms. The van der Waals surface area contributed by atoms with E-state index in [1.54, 1.807) is 6.07 Å². The van der Waals surface area contributed by atoms with Crippen molar-refractivity contribution in [1.29, 1.82) is 0 Å². The molecule has 0 bridgehead atoms. The fourth-order valence-corrected chi connectivity index (χ4v) is 2.28. The molecule has 3 N–H and O–H groups in total. The van der Waals surface area contributed by atoms with Crippen molar-refractivity contribution in [2.24, 2.45) is 0 Å². The summed E-state index contributed by atoms with van der Waals surface area (Å²) in [6.07, 6.45) is 3.11. The van der Waals surface area contributed by atoms with Crippen molar-refractivity contribution in [1.82, 2.24) is 0 Å². The molecule has 2 rings (SSSR count). The Morgan fingerprint density at radius 2 is 2.25 bits per heavy atom. The van der Waals surface area contributed by atoms with Gasteiger partial charge in [-0.3, -0.25) is 0 Å². The lowest BCUT2D eigenvalue weighted by atomic mass is 10.0. The van der Waals surface area contributed by atoms with Gasteiger partial charge in [-0.1, -0.05) is 6.07 Å². The average molecular weight is 224 g/mol. The lowest BCUT2D eigenvalue weighted by Crippen LogP contribution is -2.42. The number of anilines is 2. The molecule has 1 heterocycles.